The summed E-state index contributed by atoms with van der Waals surface area (Å²) in [6, 6.07) is 5.56. The van der Waals surface area contributed by atoms with Crippen molar-refractivity contribution < 1.29 is 9.59 Å². The monoisotopic (exact) mass is 354 g/mol. The Kier molecular flexibility index (Phi) is 6.08. The molecule has 1 fully saturated rings. The van der Waals surface area contributed by atoms with Gasteiger partial charge in [-0.15, -0.1) is 0 Å². The van der Waals surface area contributed by atoms with E-state index in [1.54, 1.807) is 18.0 Å². The zero-order chi connectivity index (χ0) is 17.0. The van der Waals surface area contributed by atoms with Crippen molar-refractivity contribution in [2.45, 2.75) is 18.8 Å². The number of benzene rings is 1. The normalized spacial score (nSPS) is 15.3. The van der Waals surface area contributed by atoms with E-state index >= 15 is 0 Å². The van der Waals surface area contributed by atoms with Gasteiger partial charge in [0.25, 0.3) is 0 Å². The maximum absolute atomic E-state index is 12.2. The smallest absolute Gasteiger partial charge is 0.246 e. The average molecular weight is 355 g/mol. The number of carbonyl (C=O) groups excluding carboxylic acids is 2. The van der Waals surface area contributed by atoms with Gasteiger partial charge in [0, 0.05) is 30.2 Å². The zero-order valence-electron chi connectivity index (χ0n) is 13.1. The number of rotatable bonds is 4. The van der Waals surface area contributed by atoms with Crippen LogP contribution in [0, 0.1) is 0 Å². The SMILES string of the molecule is C=CC(=O)N(C)CC(=O)N1CCC(c2ccc(Cl)cc2Cl)CC1. The molecule has 1 heterocycles. The van der Waals surface area contributed by atoms with Crippen molar-refractivity contribution in [3.63, 3.8) is 0 Å². The number of nitrogens with zero attached hydrogens (tertiary/aromatic N) is 2. The number of likely N-dealkylation sites (N-methyl/N-ethyl adjacent to an activating group) is 1. The van der Waals surface area contributed by atoms with E-state index in [9.17, 15) is 9.59 Å². The van der Waals surface area contributed by atoms with Gasteiger partial charge in [-0.3, -0.25) is 9.59 Å². The van der Waals surface area contributed by atoms with Crippen molar-refractivity contribution in [3.8, 4) is 0 Å². The molecular weight excluding hydrogens is 335 g/mol. The molecule has 0 radical (unpaired) electrons. The second-order valence-corrected chi connectivity index (χ2v) is 6.56. The average Bonchev–Trinajstić information content (AvgIpc) is 2.54. The first-order valence-corrected chi connectivity index (χ1v) is 8.28. The summed E-state index contributed by atoms with van der Waals surface area (Å²) >= 11 is 12.2. The van der Waals surface area contributed by atoms with Crippen LogP contribution in [0.5, 0.6) is 0 Å². The number of hydrogen-bond acceptors (Lipinski definition) is 2. The van der Waals surface area contributed by atoms with Gasteiger partial charge in [-0.1, -0.05) is 35.8 Å². The predicted octanol–water partition coefficient (Wildman–Crippen LogP) is 3.34. The van der Waals surface area contributed by atoms with Gasteiger partial charge in [0.05, 0.1) is 6.54 Å². The number of likely N-dealkylation sites (tertiary alicyclic amines) is 1. The van der Waals surface area contributed by atoms with Gasteiger partial charge in [-0.2, -0.15) is 0 Å². The number of halogens is 2. The molecule has 0 N–H and O–H groups in total. The Morgan fingerprint density at radius 1 is 1.35 bits per heavy atom. The highest BCUT2D eigenvalue weighted by Crippen LogP contribution is 2.34. The van der Waals surface area contributed by atoms with E-state index in [0.717, 1.165) is 18.4 Å². The molecule has 2 rings (SSSR count). The van der Waals surface area contributed by atoms with Crippen LogP contribution >= 0.6 is 23.2 Å². The molecule has 1 aliphatic rings. The minimum absolute atomic E-state index is 0.0386. The van der Waals surface area contributed by atoms with Crippen molar-refractivity contribution in [1.29, 1.82) is 0 Å². The second kappa shape index (κ2) is 7.84. The van der Waals surface area contributed by atoms with Gasteiger partial charge in [0.1, 0.15) is 0 Å². The first-order valence-electron chi connectivity index (χ1n) is 7.52. The molecule has 23 heavy (non-hydrogen) atoms. The minimum atomic E-state index is -0.249. The summed E-state index contributed by atoms with van der Waals surface area (Å²) in [5, 5.41) is 1.31. The molecule has 0 atom stereocenters. The second-order valence-electron chi connectivity index (χ2n) is 5.72. The van der Waals surface area contributed by atoms with Crippen molar-refractivity contribution in [1.82, 2.24) is 9.80 Å². The molecule has 0 saturated carbocycles. The Labute approximate surface area is 146 Å². The van der Waals surface area contributed by atoms with Gasteiger partial charge < -0.3 is 9.80 Å². The highest BCUT2D eigenvalue weighted by atomic mass is 35.5. The Morgan fingerprint density at radius 3 is 2.57 bits per heavy atom. The lowest BCUT2D eigenvalue weighted by Crippen LogP contribution is -2.44. The molecule has 124 valence electrons. The van der Waals surface area contributed by atoms with Crippen molar-refractivity contribution >= 4 is 35.0 Å². The van der Waals surface area contributed by atoms with Gasteiger partial charge in [-0.05, 0) is 42.5 Å². The van der Waals surface area contributed by atoms with Crippen LogP contribution in [0.2, 0.25) is 10.0 Å². The minimum Gasteiger partial charge on any atom is -0.341 e. The fourth-order valence-corrected chi connectivity index (χ4v) is 3.37. The van der Waals surface area contributed by atoms with E-state index in [-0.39, 0.29) is 18.4 Å². The Hall–Kier alpha value is -1.52. The van der Waals surface area contributed by atoms with Crippen LogP contribution in [0.15, 0.2) is 30.9 Å². The van der Waals surface area contributed by atoms with Crippen LogP contribution in [-0.2, 0) is 9.59 Å². The number of hydrogen-bond donors (Lipinski definition) is 0. The summed E-state index contributed by atoms with van der Waals surface area (Å²) in [5.74, 6) is 0.0425. The van der Waals surface area contributed by atoms with E-state index in [4.69, 9.17) is 23.2 Å². The highest BCUT2D eigenvalue weighted by Gasteiger charge is 2.26. The van der Waals surface area contributed by atoms with Gasteiger partial charge in [0.2, 0.25) is 11.8 Å². The van der Waals surface area contributed by atoms with Crippen LogP contribution in [0.4, 0.5) is 0 Å². The molecule has 0 aliphatic carbocycles. The van der Waals surface area contributed by atoms with Gasteiger partial charge in [-0.25, -0.2) is 0 Å². The summed E-state index contributed by atoms with van der Waals surface area (Å²) in [5.41, 5.74) is 1.09. The Bertz CT molecular complexity index is 611. The molecule has 1 saturated heterocycles. The molecule has 0 bridgehead atoms. The number of carbonyl (C=O) groups is 2. The van der Waals surface area contributed by atoms with Crippen LogP contribution in [0.3, 0.4) is 0 Å². The largest absolute Gasteiger partial charge is 0.341 e. The third-order valence-electron chi connectivity index (χ3n) is 4.17. The van der Waals surface area contributed by atoms with Crippen LogP contribution in [0.1, 0.15) is 24.3 Å². The fraction of sp³-hybridized carbons (Fsp3) is 0.412. The summed E-state index contributed by atoms with van der Waals surface area (Å²) in [4.78, 5) is 26.9. The molecule has 4 nitrogen and oxygen atoms in total. The third kappa shape index (κ3) is 4.49. The molecule has 0 unspecified atom stereocenters. The molecule has 0 spiro atoms. The highest BCUT2D eigenvalue weighted by molar-refractivity contribution is 6.35. The summed E-state index contributed by atoms with van der Waals surface area (Å²) < 4.78 is 0. The van der Waals surface area contributed by atoms with E-state index in [0.29, 0.717) is 29.1 Å². The first-order chi connectivity index (χ1) is 10.9. The quantitative estimate of drug-likeness (QED) is 0.778. The van der Waals surface area contributed by atoms with E-state index in [1.165, 1.54) is 11.0 Å². The Balaban J connectivity index is 1.92. The standard InChI is InChI=1S/C17H20Cl2N2O2/c1-3-16(22)20(2)11-17(23)21-8-6-12(7-9-21)14-5-4-13(18)10-15(14)19/h3-5,10,12H,1,6-9,11H2,2H3. The lowest BCUT2D eigenvalue weighted by atomic mass is 9.89. The van der Waals surface area contributed by atoms with Crippen LogP contribution in [-0.4, -0.2) is 48.3 Å². The van der Waals surface area contributed by atoms with Crippen molar-refractivity contribution in [3.05, 3.63) is 46.5 Å². The van der Waals surface area contributed by atoms with Crippen LogP contribution in [0.25, 0.3) is 0 Å². The first kappa shape index (κ1) is 17.8. The molecule has 1 aromatic carbocycles. The van der Waals surface area contributed by atoms with Crippen molar-refractivity contribution in [2.75, 3.05) is 26.7 Å². The lowest BCUT2D eigenvalue weighted by molar-refractivity contribution is -0.138. The van der Waals surface area contributed by atoms with Gasteiger partial charge in [0.15, 0.2) is 0 Å². The summed E-state index contributed by atoms with van der Waals surface area (Å²) in [6.45, 7) is 4.83. The molecule has 2 amide bonds. The van der Waals surface area contributed by atoms with Crippen LogP contribution < -0.4 is 0 Å². The molecule has 1 aliphatic heterocycles. The van der Waals surface area contributed by atoms with Gasteiger partial charge >= 0.3 is 0 Å². The van der Waals surface area contributed by atoms with E-state index < -0.39 is 0 Å². The fourth-order valence-electron chi connectivity index (χ4n) is 2.81. The molecular formula is C17H20Cl2N2O2. The molecule has 6 heteroatoms. The Morgan fingerprint density at radius 2 is 2.00 bits per heavy atom. The molecule has 1 aromatic rings. The maximum atomic E-state index is 12.2. The third-order valence-corrected chi connectivity index (χ3v) is 4.74. The van der Waals surface area contributed by atoms with E-state index in [1.807, 2.05) is 12.1 Å². The zero-order valence-corrected chi connectivity index (χ0v) is 14.6. The number of piperidine rings is 1. The maximum Gasteiger partial charge on any atom is 0.246 e. The number of amides is 2. The topological polar surface area (TPSA) is 40.6 Å². The lowest BCUT2D eigenvalue weighted by Gasteiger charge is -2.33. The van der Waals surface area contributed by atoms with E-state index in [2.05, 4.69) is 6.58 Å². The van der Waals surface area contributed by atoms with Crippen molar-refractivity contribution in [2.24, 2.45) is 0 Å². The predicted molar refractivity (Wildman–Crippen MR) is 92.9 cm³/mol. The summed E-state index contributed by atoms with van der Waals surface area (Å²) in [6.07, 6.45) is 2.92. The molecule has 0 aromatic heterocycles. The summed E-state index contributed by atoms with van der Waals surface area (Å²) in [7, 11) is 1.60.